The summed E-state index contributed by atoms with van der Waals surface area (Å²) in [7, 11) is 0. The van der Waals surface area contributed by atoms with Gasteiger partial charge in [0.15, 0.2) is 0 Å². The number of aromatic amines is 1. The molecule has 0 bridgehead atoms. The Morgan fingerprint density at radius 2 is 2.12 bits per heavy atom. The summed E-state index contributed by atoms with van der Waals surface area (Å²) in [5.41, 5.74) is 6.85. The van der Waals surface area contributed by atoms with Gasteiger partial charge in [0.05, 0.1) is 5.69 Å². The van der Waals surface area contributed by atoms with Crippen molar-refractivity contribution < 1.29 is 4.39 Å². The molecule has 0 fully saturated rings. The lowest BCUT2D eigenvalue weighted by Gasteiger charge is -2.03. The molecule has 0 radical (unpaired) electrons. The van der Waals surface area contributed by atoms with Gasteiger partial charge in [0.1, 0.15) is 5.82 Å². The zero-order chi connectivity index (χ0) is 11.5. The number of hydrogen-bond donors (Lipinski definition) is 2. The minimum absolute atomic E-state index is 0.128. The molecule has 2 aromatic rings. The molecule has 0 aliphatic heterocycles. The summed E-state index contributed by atoms with van der Waals surface area (Å²) in [5, 5.41) is 6.17. The highest BCUT2D eigenvalue weighted by molar-refractivity contribution is 5.59. The first-order valence-electron chi connectivity index (χ1n) is 4.75. The summed E-state index contributed by atoms with van der Waals surface area (Å²) in [6.07, 6.45) is 0. The molecular weight excluding hydrogens is 209 g/mol. The van der Waals surface area contributed by atoms with Crippen LogP contribution in [0.15, 0.2) is 35.1 Å². The van der Waals surface area contributed by atoms with Crippen molar-refractivity contribution >= 4 is 0 Å². The molecule has 1 aromatic heterocycles. The van der Waals surface area contributed by atoms with Crippen LogP contribution in [0, 0.1) is 5.82 Å². The molecule has 0 spiro atoms. The van der Waals surface area contributed by atoms with Crippen LogP contribution in [0.2, 0.25) is 0 Å². The Hall–Kier alpha value is -2.01. The second kappa shape index (κ2) is 4.24. The molecule has 2 rings (SSSR count). The van der Waals surface area contributed by atoms with E-state index in [9.17, 15) is 9.18 Å². The van der Waals surface area contributed by atoms with Crippen LogP contribution >= 0.6 is 0 Å². The van der Waals surface area contributed by atoms with Gasteiger partial charge in [-0.3, -0.25) is 4.79 Å². The van der Waals surface area contributed by atoms with Crippen LogP contribution in [0.25, 0.3) is 11.3 Å². The highest BCUT2D eigenvalue weighted by Crippen LogP contribution is 2.18. The average Bonchev–Trinajstić information content (AvgIpc) is 2.31. The summed E-state index contributed by atoms with van der Waals surface area (Å²) < 4.78 is 13.2. The Labute approximate surface area is 90.9 Å². The van der Waals surface area contributed by atoms with Gasteiger partial charge < -0.3 is 5.73 Å². The van der Waals surface area contributed by atoms with E-state index in [2.05, 4.69) is 10.2 Å². The number of halogens is 1. The van der Waals surface area contributed by atoms with E-state index in [0.29, 0.717) is 11.3 Å². The fraction of sp³-hybridized carbons (Fsp3) is 0.0909. The fourth-order valence-corrected chi connectivity index (χ4v) is 1.40. The molecule has 0 aliphatic carbocycles. The molecule has 4 nitrogen and oxygen atoms in total. The standard InChI is InChI=1S/C11H10FN3O/c12-9-2-1-7(5-8(9)6-13)10-3-4-11(16)15-14-10/h1-5H,6,13H2,(H,15,16). The number of H-pyrrole nitrogens is 1. The predicted octanol–water partition coefficient (Wildman–Crippen LogP) is 1.03. The number of rotatable bonds is 2. The zero-order valence-electron chi connectivity index (χ0n) is 8.40. The monoisotopic (exact) mass is 219 g/mol. The van der Waals surface area contributed by atoms with Crippen molar-refractivity contribution in [3.05, 3.63) is 52.1 Å². The van der Waals surface area contributed by atoms with Crippen molar-refractivity contribution in [3.63, 3.8) is 0 Å². The van der Waals surface area contributed by atoms with Crippen LogP contribution in [0.1, 0.15) is 5.56 Å². The summed E-state index contributed by atoms with van der Waals surface area (Å²) in [4.78, 5) is 10.8. The zero-order valence-corrected chi connectivity index (χ0v) is 8.40. The number of aromatic nitrogens is 2. The van der Waals surface area contributed by atoms with E-state index in [-0.39, 0.29) is 17.9 Å². The lowest BCUT2D eigenvalue weighted by Crippen LogP contribution is -2.06. The van der Waals surface area contributed by atoms with Crippen molar-refractivity contribution in [3.8, 4) is 11.3 Å². The van der Waals surface area contributed by atoms with E-state index in [4.69, 9.17) is 5.73 Å². The van der Waals surface area contributed by atoms with Crippen LogP contribution in [0.3, 0.4) is 0 Å². The number of nitrogens with two attached hydrogens (primary N) is 1. The van der Waals surface area contributed by atoms with E-state index in [1.165, 1.54) is 12.1 Å². The molecule has 0 saturated heterocycles. The van der Waals surface area contributed by atoms with Crippen molar-refractivity contribution in [2.75, 3.05) is 0 Å². The lowest BCUT2D eigenvalue weighted by molar-refractivity contribution is 0.611. The molecule has 16 heavy (non-hydrogen) atoms. The molecule has 0 amide bonds. The fourth-order valence-electron chi connectivity index (χ4n) is 1.40. The summed E-state index contributed by atoms with van der Waals surface area (Å²) >= 11 is 0. The highest BCUT2D eigenvalue weighted by atomic mass is 19.1. The maximum atomic E-state index is 13.2. The number of benzene rings is 1. The van der Waals surface area contributed by atoms with E-state index in [1.54, 1.807) is 18.2 Å². The van der Waals surface area contributed by atoms with Gasteiger partial charge in [-0.1, -0.05) is 0 Å². The Kier molecular flexibility index (Phi) is 2.78. The van der Waals surface area contributed by atoms with E-state index >= 15 is 0 Å². The second-order valence-electron chi connectivity index (χ2n) is 3.32. The minimum Gasteiger partial charge on any atom is -0.326 e. The van der Waals surface area contributed by atoms with Gasteiger partial charge >= 0.3 is 0 Å². The van der Waals surface area contributed by atoms with Crippen molar-refractivity contribution in [2.24, 2.45) is 5.73 Å². The lowest BCUT2D eigenvalue weighted by atomic mass is 10.1. The van der Waals surface area contributed by atoms with E-state index < -0.39 is 0 Å². The molecular formula is C11H10FN3O. The van der Waals surface area contributed by atoms with Crippen LogP contribution in [-0.2, 0) is 6.54 Å². The van der Waals surface area contributed by atoms with E-state index in [0.717, 1.165) is 5.56 Å². The molecule has 0 aliphatic rings. The average molecular weight is 219 g/mol. The van der Waals surface area contributed by atoms with Gasteiger partial charge in [0.25, 0.3) is 5.56 Å². The quantitative estimate of drug-likeness (QED) is 0.792. The first kappa shape index (κ1) is 10.5. The maximum absolute atomic E-state index is 13.2. The minimum atomic E-state index is -0.337. The second-order valence-corrected chi connectivity index (χ2v) is 3.32. The number of hydrogen-bond acceptors (Lipinski definition) is 3. The van der Waals surface area contributed by atoms with Crippen molar-refractivity contribution in [1.82, 2.24) is 10.2 Å². The first-order valence-corrected chi connectivity index (χ1v) is 4.75. The van der Waals surface area contributed by atoms with E-state index in [1.807, 2.05) is 0 Å². The molecule has 5 heteroatoms. The number of nitrogens with zero attached hydrogens (tertiary/aromatic N) is 1. The van der Waals surface area contributed by atoms with Gasteiger partial charge in [-0.2, -0.15) is 5.10 Å². The van der Waals surface area contributed by atoms with Crippen molar-refractivity contribution in [2.45, 2.75) is 6.54 Å². The van der Waals surface area contributed by atoms with Crippen molar-refractivity contribution in [1.29, 1.82) is 0 Å². The van der Waals surface area contributed by atoms with Gasteiger partial charge in [0.2, 0.25) is 0 Å². The van der Waals surface area contributed by atoms with Crippen LogP contribution in [0.4, 0.5) is 4.39 Å². The molecule has 3 N–H and O–H groups in total. The Morgan fingerprint density at radius 3 is 2.75 bits per heavy atom. The third-order valence-corrected chi connectivity index (χ3v) is 2.24. The van der Waals surface area contributed by atoms with Gasteiger partial charge in [-0.25, -0.2) is 9.49 Å². The third kappa shape index (κ3) is 1.99. The van der Waals surface area contributed by atoms with Gasteiger partial charge in [0, 0.05) is 23.7 Å². The molecule has 0 atom stereocenters. The highest BCUT2D eigenvalue weighted by Gasteiger charge is 2.04. The van der Waals surface area contributed by atoms with Gasteiger partial charge in [-0.15, -0.1) is 0 Å². The van der Waals surface area contributed by atoms with Gasteiger partial charge in [-0.05, 0) is 24.3 Å². The van der Waals surface area contributed by atoms with Crippen LogP contribution in [0.5, 0.6) is 0 Å². The SMILES string of the molecule is NCc1cc(-c2ccc(=O)[nH]n2)ccc1F. The molecule has 82 valence electrons. The van der Waals surface area contributed by atoms with Crippen LogP contribution < -0.4 is 11.3 Å². The Morgan fingerprint density at radius 1 is 1.31 bits per heavy atom. The number of nitrogens with one attached hydrogen (secondary N) is 1. The molecule has 1 aromatic carbocycles. The summed E-state index contributed by atoms with van der Waals surface area (Å²) in [6, 6.07) is 7.50. The Bertz CT molecular complexity index is 545. The molecule has 1 heterocycles. The largest absolute Gasteiger partial charge is 0.326 e. The summed E-state index contributed by atoms with van der Waals surface area (Å²) in [6.45, 7) is 0.128. The molecule has 0 saturated carbocycles. The Balaban J connectivity index is 2.48. The molecule has 0 unspecified atom stereocenters. The topological polar surface area (TPSA) is 71.8 Å². The predicted molar refractivity (Wildman–Crippen MR) is 58.1 cm³/mol. The van der Waals surface area contributed by atoms with Crippen LogP contribution in [-0.4, -0.2) is 10.2 Å². The maximum Gasteiger partial charge on any atom is 0.264 e. The normalized spacial score (nSPS) is 10.4. The first-order chi connectivity index (χ1) is 7.70. The smallest absolute Gasteiger partial charge is 0.264 e. The third-order valence-electron chi connectivity index (χ3n) is 2.24. The summed E-state index contributed by atoms with van der Waals surface area (Å²) in [5.74, 6) is -0.337.